The Hall–Kier alpha value is -2.60. The van der Waals surface area contributed by atoms with Crippen molar-refractivity contribution in [2.75, 3.05) is 25.0 Å². The molecule has 1 fully saturated rings. The summed E-state index contributed by atoms with van der Waals surface area (Å²) in [6.07, 6.45) is 2.72. The second-order valence-corrected chi connectivity index (χ2v) is 9.42. The first-order chi connectivity index (χ1) is 14.3. The summed E-state index contributed by atoms with van der Waals surface area (Å²) in [5, 5.41) is 0. The number of carbonyl (C=O) groups excluding carboxylic acids is 2. The Balaban J connectivity index is 1.62. The summed E-state index contributed by atoms with van der Waals surface area (Å²) in [4.78, 5) is 30.7. The molecule has 0 bridgehead atoms. The second-order valence-electron chi connectivity index (χ2n) is 8.34. The number of rotatable bonds is 2. The van der Waals surface area contributed by atoms with Crippen LogP contribution in [0.25, 0.3) is 6.08 Å². The van der Waals surface area contributed by atoms with E-state index in [0.29, 0.717) is 33.6 Å². The van der Waals surface area contributed by atoms with E-state index in [4.69, 9.17) is 0 Å². The number of halogens is 1. The number of benzene rings is 2. The monoisotopic (exact) mass is 424 g/mol. The third-order valence-electron chi connectivity index (χ3n) is 5.65. The van der Waals surface area contributed by atoms with Crippen LogP contribution < -0.4 is 4.90 Å². The summed E-state index contributed by atoms with van der Waals surface area (Å²) >= 11 is 1.31. The van der Waals surface area contributed by atoms with Gasteiger partial charge in [0.2, 0.25) is 0 Å². The average molecular weight is 425 g/mol. The van der Waals surface area contributed by atoms with Crippen molar-refractivity contribution >= 4 is 35.3 Å². The Labute approximate surface area is 180 Å². The third kappa shape index (κ3) is 4.01. The summed E-state index contributed by atoms with van der Waals surface area (Å²) in [7, 11) is 1.69. The molecule has 2 amide bonds. The molecule has 2 heterocycles. The number of hydrogen-bond donors (Lipinski definition) is 0. The number of anilines is 1. The van der Waals surface area contributed by atoms with Crippen molar-refractivity contribution in [2.24, 2.45) is 11.8 Å². The molecule has 1 saturated heterocycles. The van der Waals surface area contributed by atoms with Gasteiger partial charge in [0.25, 0.3) is 11.8 Å². The van der Waals surface area contributed by atoms with Crippen LogP contribution in [-0.4, -0.2) is 36.9 Å². The summed E-state index contributed by atoms with van der Waals surface area (Å²) in [5.74, 6) is 0.413. The molecule has 6 heteroatoms. The normalized spacial score (nSPS) is 22.9. The lowest BCUT2D eigenvalue weighted by Gasteiger charge is -2.35. The van der Waals surface area contributed by atoms with E-state index in [-0.39, 0.29) is 17.6 Å². The Bertz CT molecular complexity index is 1030. The van der Waals surface area contributed by atoms with E-state index in [0.717, 1.165) is 24.4 Å². The number of amides is 2. The predicted molar refractivity (Wildman–Crippen MR) is 119 cm³/mol. The van der Waals surface area contributed by atoms with Gasteiger partial charge in [-0.2, -0.15) is 0 Å². The molecule has 156 valence electrons. The van der Waals surface area contributed by atoms with Crippen LogP contribution >= 0.6 is 11.8 Å². The fraction of sp³-hybridized carbons (Fsp3) is 0.333. The maximum absolute atomic E-state index is 14.0. The molecular weight excluding hydrogens is 399 g/mol. The van der Waals surface area contributed by atoms with Crippen LogP contribution in [0.4, 0.5) is 10.1 Å². The zero-order chi connectivity index (χ0) is 21.4. The molecule has 4 rings (SSSR count). The lowest BCUT2D eigenvalue weighted by molar-refractivity contribution is -0.114. The highest BCUT2D eigenvalue weighted by Crippen LogP contribution is 2.42. The molecule has 0 N–H and O–H groups in total. The van der Waals surface area contributed by atoms with Gasteiger partial charge in [0.1, 0.15) is 5.82 Å². The Morgan fingerprint density at radius 3 is 2.53 bits per heavy atom. The van der Waals surface area contributed by atoms with E-state index in [9.17, 15) is 14.0 Å². The standard InChI is InChI=1S/C24H25FN2O2S/c1-15-10-16(2)14-27(13-15)23(28)18-8-9-21-20(11-18)26(3)24(29)22(30-21)12-17-6-4-5-7-19(17)25/h4-9,11-12,15-16H,10,13-14H2,1-3H3/b22-12-. The van der Waals surface area contributed by atoms with Crippen molar-refractivity contribution in [1.29, 1.82) is 0 Å². The molecule has 2 aromatic rings. The highest BCUT2D eigenvalue weighted by atomic mass is 32.2. The molecule has 2 unspecified atom stereocenters. The minimum absolute atomic E-state index is 0.00902. The van der Waals surface area contributed by atoms with Gasteiger partial charge in [-0.15, -0.1) is 0 Å². The van der Waals surface area contributed by atoms with Gasteiger partial charge in [0, 0.05) is 36.2 Å². The second kappa shape index (κ2) is 8.26. The SMILES string of the molecule is CC1CC(C)CN(C(=O)c2ccc3c(c2)N(C)C(=O)/C(=C/c2ccccc2F)S3)C1. The topological polar surface area (TPSA) is 40.6 Å². The van der Waals surface area contributed by atoms with Crippen molar-refractivity contribution in [3.05, 3.63) is 64.3 Å². The number of nitrogens with zero attached hydrogens (tertiary/aromatic N) is 2. The van der Waals surface area contributed by atoms with Crippen LogP contribution in [0.3, 0.4) is 0 Å². The maximum atomic E-state index is 14.0. The number of hydrogen-bond acceptors (Lipinski definition) is 3. The van der Waals surface area contributed by atoms with Gasteiger partial charge in [-0.25, -0.2) is 4.39 Å². The van der Waals surface area contributed by atoms with Crippen molar-refractivity contribution < 1.29 is 14.0 Å². The first-order valence-corrected chi connectivity index (χ1v) is 11.0. The lowest BCUT2D eigenvalue weighted by Crippen LogP contribution is -2.42. The quantitative estimate of drug-likeness (QED) is 0.633. The molecule has 0 aromatic heterocycles. The minimum Gasteiger partial charge on any atom is -0.338 e. The summed E-state index contributed by atoms with van der Waals surface area (Å²) in [6, 6.07) is 11.9. The van der Waals surface area contributed by atoms with Gasteiger partial charge in [-0.1, -0.05) is 43.8 Å². The van der Waals surface area contributed by atoms with Gasteiger partial charge in [-0.05, 0) is 48.6 Å². The van der Waals surface area contributed by atoms with Crippen LogP contribution in [0.15, 0.2) is 52.3 Å². The van der Waals surface area contributed by atoms with E-state index in [1.165, 1.54) is 22.7 Å². The number of carbonyl (C=O) groups is 2. The molecule has 4 nitrogen and oxygen atoms in total. The molecule has 2 aliphatic heterocycles. The number of fused-ring (bicyclic) bond motifs is 1. The first-order valence-electron chi connectivity index (χ1n) is 10.2. The number of likely N-dealkylation sites (tertiary alicyclic amines) is 1. The lowest BCUT2D eigenvalue weighted by atomic mass is 9.91. The molecular formula is C24H25FN2O2S. The highest BCUT2D eigenvalue weighted by Gasteiger charge is 2.30. The van der Waals surface area contributed by atoms with Crippen molar-refractivity contribution in [3.8, 4) is 0 Å². The molecule has 0 spiro atoms. The largest absolute Gasteiger partial charge is 0.338 e. The zero-order valence-electron chi connectivity index (χ0n) is 17.4. The van der Waals surface area contributed by atoms with Crippen molar-refractivity contribution in [3.63, 3.8) is 0 Å². The molecule has 0 aliphatic carbocycles. The summed E-state index contributed by atoms with van der Waals surface area (Å²) in [5.41, 5.74) is 1.68. The first kappa shape index (κ1) is 20.7. The van der Waals surface area contributed by atoms with Crippen molar-refractivity contribution in [1.82, 2.24) is 4.90 Å². The van der Waals surface area contributed by atoms with Gasteiger partial charge < -0.3 is 9.80 Å². The van der Waals surface area contributed by atoms with Gasteiger partial charge in [-0.3, -0.25) is 9.59 Å². The van der Waals surface area contributed by atoms with Crippen LogP contribution in [0, 0.1) is 17.7 Å². The molecule has 0 saturated carbocycles. The van der Waals surface area contributed by atoms with Gasteiger partial charge >= 0.3 is 0 Å². The number of likely N-dealkylation sites (N-methyl/N-ethyl adjacent to an activating group) is 1. The zero-order valence-corrected chi connectivity index (χ0v) is 18.2. The fourth-order valence-electron chi connectivity index (χ4n) is 4.27. The van der Waals surface area contributed by atoms with E-state index in [2.05, 4.69) is 13.8 Å². The maximum Gasteiger partial charge on any atom is 0.264 e. The van der Waals surface area contributed by atoms with E-state index in [1.54, 1.807) is 37.4 Å². The highest BCUT2D eigenvalue weighted by molar-refractivity contribution is 8.04. The molecule has 30 heavy (non-hydrogen) atoms. The van der Waals surface area contributed by atoms with Crippen LogP contribution in [0.5, 0.6) is 0 Å². The molecule has 2 atom stereocenters. The number of thioether (sulfide) groups is 1. The Morgan fingerprint density at radius 1 is 1.13 bits per heavy atom. The van der Waals surface area contributed by atoms with Gasteiger partial charge in [0.05, 0.1) is 10.6 Å². The van der Waals surface area contributed by atoms with E-state index >= 15 is 0 Å². The molecule has 2 aromatic carbocycles. The Morgan fingerprint density at radius 2 is 1.83 bits per heavy atom. The fourth-order valence-corrected chi connectivity index (χ4v) is 5.36. The smallest absolute Gasteiger partial charge is 0.264 e. The summed E-state index contributed by atoms with van der Waals surface area (Å²) < 4.78 is 14.0. The van der Waals surface area contributed by atoms with Crippen LogP contribution in [0.1, 0.15) is 36.2 Å². The average Bonchev–Trinajstić information content (AvgIpc) is 2.72. The van der Waals surface area contributed by atoms with Crippen molar-refractivity contribution in [2.45, 2.75) is 25.2 Å². The van der Waals surface area contributed by atoms with Gasteiger partial charge in [0.15, 0.2) is 0 Å². The van der Waals surface area contributed by atoms with Crippen LogP contribution in [-0.2, 0) is 4.79 Å². The van der Waals surface area contributed by atoms with E-state index in [1.807, 2.05) is 17.0 Å². The van der Waals surface area contributed by atoms with Crippen LogP contribution in [0.2, 0.25) is 0 Å². The molecule has 0 radical (unpaired) electrons. The van der Waals surface area contributed by atoms with E-state index < -0.39 is 0 Å². The number of piperidine rings is 1. The predicted octanol–water partition coefficient (Wildman–Crippen LogP) is 5.05. The molecule has 2 aliphatic rings. The Kier molecular flexibility index (Phi) is 5.69. The third-order valence-corrected chi connectivity index (χ3v) is 6.73. The minimum atomic E-state index is -0.363. The summed E-state index contributed by atoms with van der Waals surface area (Å²) in [6.45, 7) is 5.88.